The van der Waals surface area contributed by atoms with Crippen molar-refractivity contribution in [1.82, 2.24) is 15.0 Å². The van der Waals surface area contributed by atoms with Crippen LogP contribution in [0.3, 0.4) is 0 Å². The minimum absolute atomic E-state index is 0.523. The van der Waals surface area contributed by atoms with Gasteiger partial charge >= 0.3 is 0 Å². The van der Waals surface area contributed by atoms with Crippen LogP contribution in [-0.4, -0.2) is 15.0 Å². The Hall–Kier alpha value is -1.85. The van der Waals surface area contributed by atoms with Crippen molar-refractivity contribution in [2.45, 2.75) is 10.1 Å². The summed E-state index contributed by atoms with van der Waals surface area (Å²) in [5, 5.41) is 3.01. The molecular formula is C13H9ClN4S. The lowest BCUT2D eigenvalue weighted by Gasteiger charge is -2.06. The van der Waals surface area contributed by atoms with E-state index in [0.29, 0.717) is 15.7 Å². The molecule has 3 aromatic rings. The minimum atomic E-state index is 0.523. The summed E-state index contributed by atoms with van der Waals surface area (Å²) in [5.74, 6) is 0. The van der Waals surface area contributed by atoms with E-state index in [4.69, 9.17) is 17.3 Å². The van der Waals surface area contributed by atoms with Crippen molar-refractivity contribution in [3.8, 4) is 0 Å². The molecule has 4 nitrogen and oxygen atoms in total. The van der Waals surface area contributed by atoms with Crippen molar-refractivity contribution in [2.24, 2.45) is 0 Å². The molecular weight excluding hydrogens is 280 g/mol. The van der Waals surface area contributed by atoms with Crippen LogP contribution in [0.1, 0.15) is 0 Å². The maximum atomic E-state index is 5.90. The van der Waals surface area contributed by atoms with Gasteiger partial charge in [0.05, 0.1) is 16.2 Å². The second kappa shape index (κ2) is 5.03. The Morgan fingerprint density at radius 3 is 2.74 bits per heavy atom. The van der Waals surface area contributed by atoms with Crippen molar-refractivity contribution in [2.75, 3.05) is 5.73 Å². The summed E-state index contributed by atoms with van der Waals surface area (Å²) in [4.78, 5) is 12.7. The molecule has 0 spiro atoms. The molecule has 0 saturated carbocycles. The molecule has 19 heavy (non-hydrogen) atoms. The van der Waals surface area contributed by atoms with E-state index >= 15 is 0 Å². The van der Waals surface area contributed by atoms with E-state index in [1.165, 1.54) is 18.1 Å². The number of hydrogen-bond acceptors (Lipinski definition) is 5. The van der Waals surface area contributed by atoms with Crippen LogP contribution in [-0.2, 0) is 0 Å². The fourth-order valence-corrected chi connectivity index (χ4v) is 2.69. The topological polar surface area (TPSA) is 64.7 Å². The number of benzene rings is 1. The van der Waals surface area contributed by atoms with Crippen molar-refractivity contribution in [3.63, 3.8) is 0 Å². The van der Waals surface area contributed by atoms with Gasteiger partial charge in [-0.05, 0) is 23.9 Å². The molecule has 0 aliphatic heterocycles. The zero-order valence-corrected chi connectivity index (χ0v) is 11.3. The highest BCUT2D eigenvalue weighted by Gasteiger charge is 2.09. The van der Waals surface area contributed by atoms with Crippen LogP contribution in [0.5, 0.6) is 0 Å². The Balaban J connectivity index is 2.06. The molecule has 0 atom stereocenters. The number of rotatable bonds is 2. The highest BCUT2D eigenvalue weighted by atomic mass is 35.5. The Kier molecular flexibility index (Phi) is 3.23. The predicted molar refractivity (Wildman–Crippen MR) is 77.3 cm³/mol. The molecule has 0 aliphatic rings. The van der Waals surface area contributed by atoms with Gasteiger partial charge in [0.1, 0.15) is 16.4 Å². The van der Waals surface area contributed by atoms with Crippen LogP contribution in [0, 0.1) is 0 Å². The van der Waals surface area contributed by atoms with Gasteiger partial charge in [0.25, 0.3) is 0 Å². The van der Waals surface area contributed by atoms with Crippen LogP contribution in [0.15, 0.2) is 52.9 Å². The third-order valence-corrected chi connectivity index (χ3v) is 3.80. The van der Waals surface area contributed by atoms with E-state index in [1.54, 1.807) is 12.3 Å². The van der Waals surface area contributed by atoms with Crippen LogP contribution in [0.4, 0.5) is 5.69 Å². The highest BCUT2D eigenvalue weighted by molar-refractivity contribution is 7.99. The largest absolute Gasteiger partial charge is 0.396 e. The van der Waals surface area contributed by atoms with Gasteiger partial charge in [-0.3, -0.25) is 0 Å². The fourth-order valence-electron chi connectivity index (χ4n) is 1.68. The molecule has 2 aromatic heterocycles. The monoisotopic (exact) mass is 288 g/mol. The number of pyridine rings is 1. The molecule has 94 valence electrons. The summed E-state index contributed by atoms with van der Waals surface area (Å²) in [6, 6.07) is 9.50. The lowest BCUT2D eigenvalue weighted by Crippen LogP contribution is -1.93. The van der Waals surface area contributed by atoms with Crippen LogP contribution >= 0.6 is 23.4 Å². The van der Waals surface area contributed by atoms with Crippen LogP contribution < -0.4 is 5.73 Å². The first-order valence-corrected chi connectivity index (χ1v) is 6.72. The quantitative estimate of drug-likeness (QED) is 0.732. The fraction of sp³-hybridized carbons (Fsp3) is 0. The van der Waals surface area contributed by atoms with Gasteiger partial charge in [-0.15, -0.1) is 0 Å². The summed E-state index contributed by atoms with van der Waals surface area (Å²) in [6.45, 7) is 0. The SMILES string of the molecule is Nc1cc(Cl)cnc1Sc1ncnc2ccccc12. The zero-order valence-electron chi connectivity index (χ0n) is 9.75. The predicted octanol–water partition coefficient (Wildman–Crippen LogP) is 3.41. The van der Waals surface area contributed by atoms with Gasteiger partial charge in [-0.25, -0.2) is 15.0 Å². The minimum Gasteiger partial charge on any atom is -0.396 e. The first kappa shape index (κ1) is 12.2. The Bertz CT molecular complexity index is 742. The van der Waals surface area contributed by atoms with E-state index in [9.17, 15) is 0 Å². The lowest BCUT2D eigenvalue weighted by atomic mass is 10.2. The Morgan fingerprint density at radius 1 is 1.05 bits per heavy atom. The summed E-state index contributed by atoms with van der Waals surface area (Å²) >= 11 is 7.24. The number of aromatic nitrogens is 3. The van der Waals surface area contributed by atoms with Gasteiger partial charge < -0.3 is 5.73 Å². The molecule has 0 amide bonds. The Labute approximate surface area is 119 Å². The normalized spacial score (nSPS) is 10.8. The van der Waals surface area contributed by atoms with Gasteiger partial charge in [0.15, 0.2) is 0 Å². The first-order chi connectivity index (χ1) is 9.24. The van der Waals surface area contributed by atoms with Gasteiger partial charge in [0, 0.05) is 11.6 Å². The van der Waals surface area contributed by atoms with E-state index in [-0.39, 0.29) is 0 Å². The smallest absolute Gasteiger partial charge is 0.125 e. The molecule has 1 aromatic carbocycles. The lowest BCUT2D eigenvalue weighted by molar-refractivity contribution is 1.08. The van der Waals surface area contributed by atoms with E-state index < -0.39 is 0 Å². The third-order valence-electron chi connectivity index (χ3n) is 2.55. The second-order valence-electron chi connectivity index (χ2n) is 3.85. The van der Waals surface area contributed by atoms with Crippen LogP contribution in [0.25, 0.3) is 10.9 Å². The zero-order chi connectivity index (χ0) is 13.2. The number of nitrogens with zero attached hydrogens (tertiary/aromatic N) is 3. The Morgan fingerprint density at radius 2 is 1.89 bits per heavy atom. The van der Waals surface area contributed by atoms with Gasteiger partial charge in [0.2, 0.25) is 0 Å². The van der Waals surface area contributed by atoms with Crippen LogP contribution in [0.2, 0.25) is 5.02 Å². The van der Waals surface area contributed by atoms with Gasteiger partial charge in [-0.2, -0.15) is 0 Å². The molecule has 0 unspecified atom stereocenters. The maximum Gasteiger partial charge on any atom is 0.125 e. The summed E-state index contributed by atoms with van der Waals surface area (Å²) in [7, 11) is 0. The van der Waals surface area contributed by atoms with Crippen molar-refractivity contribution >= 4 is 40.0 Å². The number of para-hydroxylation sites is 1. The number of nitrogen functional groups attached to an aromatic ring is 1. The summed E-state index contributed by atoms with van der Waals surface area (Å²) in [5.41, 5.74) is 7.34. The number of nitrogens with two attached hydrogens (primary N) is 1. The molecule has 3 rings (SSSR count). The number of halogens is 1. The van der Waals surface area contributed by atoms with E-state index in [0.717, 1.165) is 15.9 Å². The molecule has 2 N–H and O–H groups in total. The van der Waals surface area contributed by atoms with E-state index in [2.05, 4.69) is 15.0 Å². The molecule has 0 aliphatic carbocycles. The van der Waals surface area contributed by atoms with Gasteiger partial charge in [-0.1, -0.05) is 29.8 Å². The summed E-state index contributed by atoms with van der Waals surface area (Å²) < 4.78 is 0. The van der Waals surface area contributed by atoms with Crippen molar-refractivity contribution < 1.29 is 0 Å². The third kappa shape index (κ3) is 2.47. The average Bonchev–Trinajstić information content (AvgIpc) is 2.42. The average molecular weight is 289 g/mol. The van der Waals surface area contributed by atoms with Crippen molar-refractivity contribution in [3.05, 3.63) is 47.9 Å². The molecule has 0 radical (unpaired) electrons. The number of fused-ring (bicyclic) bond motifs is 1. The summed E-state index contributed by atoms with van der Waals surface area (Å²) in [6.07, 6.45) is 3.11. The molecule has 0 saturated heterocycles. The first-order valence-electron chi connectivity index (χ1n) is 5.52. The molecule has 2 heterocycles. The highest BCUT2D eigenvalue weighted by Crippen LogP contribution is 2.33. The van der Waals surface area contributed by atoms with E-state index in [1.807, 2.05) is 24.3 Å². The molecule has 0 bridgehead atoms. The van der Waals surface area contributed by atoms with Crippen molar-refractivity contribution in [1.29, 1.82) is 0 Å². The molecule has 0 fully saturated rings. The number of anilines is 1. The number of hydrogen-bond donors (Lipinski definition) is 1. The standard InChI is InChI=1S/C13H9ClN4S/c14-8-5-10(15)13(16-6-8)19-12-9-3-1-2-4-11(9)17-7-18-12/h1-7H,15H2. The molecule has 6 heteroatoms. The second-order valence-corrected chi connectivity index (χ2v) is 5.26. The maximum absolute atomic E-state index is 5.90.